The summed E-state index contributed by atoms with van der Waals surface area (Å²) in [4.78, 5) is 24.9. The molecular formula is C18H23NO5S. The molecule has 25 heavy (non-hydrogen) atoms. The first-order chi connectivity index (χ1) is 11.8. The van der Waals surface area contributed by atoms with Gasteiger partial charge in [-0.15, -0.1) is 0 Å². The number of esters is 1. The van der Waals surface area contributed by atoms with Gasteiger partial charge in [-0.05, 0) is 38.3 Å². The van der Waals surface area contributed by atoms with Crippen molar-refractivity contribution in [2.45, 2.75) is 56.4 Å². The van der Waals surface area contributed by atoms with Crippen LogP contribution in [0.25, 0.3) is 0 Å². The highest BCUT2D eigenvalue weighted by Crippen LogP contribution is 2.50. The molecule has 1 saturated carbocycles. The third kappa shape index (κ3) is 3.05. The molecule has 1 aromatic carbocycles. The fourth-order valence-corrected chi connectivity index (χ4v) is 5.71. The van der Waals surface area contributed by atoms with Crippen molar-refractivity contribution >= 4 is 21.9 Å². The molecular weight excluding hydrogens is 342 g/mol. The van der Waals surface area contributed by atoms with Crippen LogP contribution in [0, 0.1) is 12.3 Å². The highest BCUT2D eigenvalue weighted by molar-refractivity contribution is 7.89. The molecule has 2 aliphatic rings. The van der Waals surface area contributed by atoms with Gasteiger partial charge in [0.15, 0.2) is 0 Å². The van der Waals surface area contributed by atoms with Gasteiger partial charge in [-0.2, -0.15) is 0 Å². The maximum Gasteiger partial charge on any atom is 0.307 e. The molecule has 0 aromatic heterocycles. The van der Waals surface area contributed by atoms with Gasteiger partial charge in [-0.1, -0.05) is 30.5 Å². The van der Waals surface area contributed by atoms with Crippen LogP contribution in [0.4, 0.5) is 0 Å². The number of carbonyl (C=O) groups is 2. The largest absolute Gasteiger partial charge is 0.469 e. The molecule has 6 nitrogen and oxygen atoms in total. The third-order valence-corrected chi connectivity index (χ3v) is 7.23. The molecule has 3 rings (SSSR count). The van der Waals surface area contributed by atoms with Crippen LogP contribution in [0.5, 0.6) is 0 Å². The van der Waals surface area contributed by atoms with Crippen molar-refractivity contribution in [1.82, 2.24) is 4.31 Å². The van der Waals surface area contributed by atoms with Gasteiger partial charge in [0.25, 0.3) is 10.0 Å². The SMILES string of the molecule is COC(=O)CC1CC2(CCCC2)C(=O)N1S(=O)(=O)c1ccc(C)cc1. The zero-order chi connectivity index (χ0) is 18.2. The lowest BCUT2D eigenvalue weighted by Gasteiger charge is -2.24. The van der Waals surface area contributed by atoms with Crippen LogP contribution in [-0.4, -0.2) is 37.8 Å². The Hall–Kier alpha value is -1.89. The van der Waals surface area contributed by atoms with Crippen molar-refractivity contribution < 1.29 is 22.7 Å². The van der Waals surface area contributed by atoms with Crippen LogP contribution in [0.2, 0.25) is 0 Å². The quantitative estimate of drug-likeness (QED) is 0.766. The Morgan fingerprint density at radius 2 is 1.84 bits per heavy atom. The van der Waals surface area contributed by atoms with E-state index in [0.717, 1.165) is 22.7 Å². The van der Waals surface area contributed by atoms with E-state index in [1.54, 1.807) is 12.1 Å². The van der Waals surface area contributed by atoms with Crippen molar-refractivity contribution in [2.24, 2.45) is 5.41 Å². The Balaban J connectivity index is 2.01. The standard InChI is InChI=1S/C18H23NO5S/c1-13-5-7-15(8-6-13)25(22,23)19-14(11-16(20)24-2)12-18(17(19)21)9-3-4-10-18/h5-8,14H,3-4,9-12H2,1-2H3. The van der Waals surface area contributed by atoms with Gasteiger partial charge < -0.3 is 4.74 Å². The summed E-state index contributed by atoms with van der Waals surface area (Å²) in [7, 11) is -2.73. The molecule has 1 unspecified atom stereocenters. The van der Waals surface area contributed by atoms with E-state index in [1.807, 2.05) is 6.92 Å². The Morgan fingerprint density at radius 3 is 2.40 bits per heavy atom. The maximum atomic E-state index is 13.1. The van der Waals surface area contributed by atoms with Crippen molar-refractivity contribution in [3.63, 3.8) is 0 Å². The van der Waals surface area contributed by atoms with Crippen LogP contribution >= 0.6 is 0 Å². The number of hydrogen-bond donors (Lipinski definition) is 0. The fourth-order valence-electron chi connectivity index (χ4n) is 4.05. The lowest BCUT2D eigenvalue weighted by atomic mass is 9.83. The molecule has 1 aromatic rings. The van der Waals surface area contributed by atoms with Crippen molar-refractivity contribution in [3.05, 3.63) is 29.8 Å². The number of nitrogens with zero attached hydrogens (tertiary/aromatic N) is 1. The van der Waals surface area contributed by atoms with Crippen LogP contribution in [-0.2, 0) is 24.3 Å². The van der Waals surface area contributed by atoms with Gasteiger partial charge in [0.2, 0.25) is 5.91 Å². The van der Waals surface area contributed by atoms with Gasteiger partial charge in [0.1, 0.15) is 0 Å². The van der Waals surface area contributed by atoms with Crippen LogP contribution in [0.15, 0.2) is 29.2 Å². The van der Waals surface area contributed by atoms with Crippen LogP contribution < -0.4 is 0 Å². The summed E-state index contributed by atoms with van der Waals surface area (Å²) >= 11 is 0. The number of hydrogen-bond acceptors (Lipinski definition) is 5. The zero-order valence-corrected chi connectivity index (χ0v) is 15.3. The maximum absolute atomic E-state index is 13.1. The first-order valence-electron chi connectivity index (χ1n) is 8.52. The minimum absolute atomic E-state index is 0.0800. The van der Waals surface area contributed by atoms with E-state index < -0.39 is 27.4 Å². The molecule has 1 saturated heterocycles. The van der Waals surface area contributed by atoms with Gasteiger partial charge >= 0.3 is 5.97 Å². The normalized spacial score (nSPS) is 22.6. The predicted octanol–water partition coefficient (Wildman–Crippen LogP) is 2.41. The molecule has 136 valence electrons. The molecule has 1 aliphatic heterocycles. The Kier molecular flexibility index (Phi) is 4.62. The van der Waals surface area contributed by atoms with Gasteiger partial charge in [-0.3, -0.25) is 9.59 Å². The third-order valence-electron chi connectivity index (χ3n) is 5.38. The van der Waals surface area contributed by atoms with E-state index in [2.05, 4.69) is 0 Å². The number of aryl methyl sites for hydroxylation is 1. The second-order valence-electron chi connectivity index (χ2n) is 7.04. The summed E-state index contributed by atoms with van der Waals surface area (Å²) in [6, 6.07) is 5.74. The Morgan fingerprint density at radius 1 is 1.24 bits per heavy atom. The molecule has 0 bridgehead atoms. The molecule has 2 fully saturated rings. The summed E-state index contributed by atoms with van der Waals surface area (Å²) in [5.74, 6) is -0.864. The lowest BCUT2D eigenvalue weighted by Crippen LogP contribution is -2.41. The van der Waals surface area contributed by atoms with E-state index in [4.69, 9.17) is 4.74 Å². The molecule has 1 atom stereocenters. The molecule has 7 heteroatoms. The highest BCUT2D eigenvalue weighted by atomic mass is 32.2. The van der Waals surface area contributed by atoms with E-state index in [0.29, 0.717) is 19.3 Å². The number of carbonyl (C=O) groups excluding carboxylic acids is 2. The van der Waals surface area contributed by atoms with E-state index in [-0.39, 0.29) is 17.2 Å². The molecule has 1 spiro atoms. The van der Waals surface area contributed by atoms with E-state index in [9.17, 15) is 18.0 Å². The first-order valence-corrected chi connectivity index (χ1v) is 9.96. The van der Waals surface area contributed by atoms with Crippen molar-refractivity contribution in [2.75, 3.05) is 7.11 Å². The lowest BCUT2D eigenvalue weighted by molar-refractivity contribution is -0.141. The van der Waals surface area contributed by atoms with Gasteiger partial charge in [-0.25, -0.2) is 12.7 Å². The number of methoxy groups -OCH3 is 1. The fraction of sp³-hybridized carbons (Fsp3) is 0.556. The summed E-state index contributed by atoms with van der Waals surface area (Å²) in [6.45, 7) is 1.87. The van der Waals surface area contributed by atoms with E-state index >= 15 is 0 Å². The number of sulfonamides is 1. The summed E-state index contributed by atoms with van der Waals surface area (Å²) < 4.78 is 31.9. The second kappa shape index (κ2) is 6.44. The molecule has 1 amide bonds. The highest BCUT2D eigenvalue weighted by Gasteiger charge is 2.56. The second-order valence-corrected chi connectivity index (χ2v) is 8.86. The zero-order valence-electron chi connectivity index (χ0n) is 14.5. The van der Waals surface area contributed by atoms with Crippen molar-refractivity contribution in [1.29, 1.82) is 0 Å². The van der Waals surface area contributed by atoms with Crippen LogP contribution in [0.3, 0.4) is 0 Å². The minimum atomic E-state index is -4.00. The Bertz CT molecular complexity index is 778. The number of rotatable bonds is 4. The molecule has 1 aliphatic carbocycles. The summed E-state index contributed by atoms with van der Waals surface area (Å²) in [5.41, 5.74) is 0.293. The van der Waals surface area contributed by atoms with Gasteiger partial charge in [0.05, 0.1) is 29.9 Å². The number of ether oxygens (including phenoxy) is 1. The minimum Gasteiger partial charge on any atom is -0.469 e. The monoisotopic (exact) mass is 365 g/mol. The molecule has 1 heterocycles. The summed E-state index contributed by atoms with van der Waals surface area (Å²) in [6.07, 6.45) is 3.48. The molecule has 0 radical (unpaired) electrons. The van der Waals surface area contributed by atoms with Crippen molar-refractivity contribution in [3.8, 4) is 0 Å². The van der Waals surface area contributed by atoms with E-state index in [1.165, 1.54) is 19.2 Å². The smallest absolute Gasteiger partial charge is 0.307 e. The van der Waals surface area contributed by atoms with Gasteiger partial charge in [0, 0.05) is 0 Å². The first kappa shape index (κ1) is 17.9. The average Bonchev–Trinajstić information content (AvgIpc) is 3.14. The molecule has 0 N–H and O–H groups in total. The topological polar surface area (TPSA) is 80.8 Å². The van der Waals surface area contributed by atoms with Crippen LogP contribution in [0.1, 0.15) is 44.1 Å². The Labute approximate surface area is 148 Å². The number of benzene rings is 1. The average molecular weight is 365 g/mol. The summed E-state index contributed by atoms with van der Waals surface area (Å²) in [5, 5.41) is 0. The predicted molar refractivity (Wildman–Crippen MR) is 91.1 cm³/mol. The number of amides is 1.